The van der Waals surface area contributed by atoms with Gasteiger partial charge in [-0.3, -0.25) is 19.3 Å². The number of anilines is 3. The SMILES string of the molecule is COc1ccc([Si](C)(C)[C@H]2[C@H](CC(=O)N(CCO)Cc3ccccc3)O[C@@]3(C(=O)N(C)c4ccc(N5C(=O)c6cccc7cccc5c67)cc43)[C@@H]2C)cc1. The van der Waals surface area contributed by atoms with Crippen LogP contribution in [0.3, 0.4) is 0 Å². The summed E-state index contributed by atoms with van der Waals surface area (Å²) in [6.07, 6.45) is -0.559. The molecule has 3 heterocycles. The van der Waals surface area contributed by atoms with Gasteiger partial charge >= 0.3 is 0 Å². The van der Waals surface area contributed by atoms with Gasteiger partial charge in [-0.1, -0.05) is 91.9 Å². The second kappa shape index (κ2) is 13.5. The second-order valence-electron chi connectivity index (χ2n) is 15.3. The van der Waals surface area contributed by atoms with Gasteiger partial charge in [-0.15, -0.1) is 0 Å². The van der Waals surface area contributed by atoms with E-state index in [-0.39, 0.29) is 48.8 Å². The standard InChI is InChI=1S/C44H45N3O6Si/c1-28-41(54(4,5)33-20-18-32(52-3)19-21-33)38(26-39(49)46(23-24-48)27-29-11-7-6-8-12-29)53-44(28)35-25-31(17-22-36(35)45(2)43(44)51)47-37-16-10-14-30-13-9-15-34(40(30)37)42(47)50/h6-22,25,28,38,41,48H,23-24,26-27H2,1-5H3/t28-,38+,41-,44+/m1/s1. The number of benzene rings is 5. The maximum atomic E-state index is 14.8. The monoisotopic (exact) mass is 739 g/mol. The summed E-state index contributed by atoms with van der Waals surface area (Å²) in [5, 5.41) is 13.1. The Labute approximate surface area is 316 Å². The Morgan fingerprint density at radius 1 is 0.926 bits per heavy atom. The van der Waals surface area contributed by atoms with Gasteiger partial charge in [-0.2, -0.15) is 0 Å². The molecule has 1 spiro atoms. The van der Waals surface area contributed by atoms with E-state index in [1.165, 1.54) is 0 Å². The first-order valence-electron chi connectivity index (χ1n) is 18.5. The normalized spacial score (nSPS) is 21.7. The minimum atomic E-state index is -2.53. The molecular formula is C44H45N3O6Si. The first kappa shape index (κ1) is 35.7. The molecule has 5 aromatic rings. The van der Waals surface area contributed by atoms with E-state index in [0.717, 1.165) is 38.6 Å². The summed E-state index contributed by atoms with van der Waals surface area (Å²) in [7, 11) is 0.884. The topological polar surface area (TPSA) is 99.6 Å². The summed E-state index contributed by atoms with van der Waals surface area (Å²) in [6, 6.07) is 35.3. The lowest BCUT2D eigenvalue weighted by Crippen LogP contribution is -2.52. The summed E-state index contributed by atoms with van der Waals surface area (Å²) in [6.45, 7) is 7.02. The number of likely N-dealkylation sites (N-methyl/N-ethyl adjacent to an activating group) is 1. The summed E-state index contributed by atoms with van der Waals surface area (Å²) in [4.78, 5) is 48.3. The smallest absolute Gasteiger partial charge is 0.264 e. The van der Waals surface area contributed by atoms with Crippen molar-refractivity contribution in [2.24, 2.45) is 5.92 Å². The predicted octanol–water partition coefficient (Wildman–Crippen LogP) is 6.74. The van der Waals surface area contributed by atoms with Crippen molar-refractivity contribution in [1.82, 2.24) is 4.90 Å². The van der Waals surface area contributed by atoms with Crippen LogP contribution in [0.2, 0.25) is 18.6 Å². The Bertz CT molecular complexity index is 2270. The minimum absolute atomic E-state index is 0.0457. The number of ether oxygens (including phenoxy) is 2. The number of hydrogen-bond donors (Lipinski definition) is 1. The summed E-state index contributed by atoms with van der Waals surface area (Å²) >= 11 is 0. The Morgan fingerprint density at radius 2 is 1.65 bits per heavy atom. The summed E-state index contributed by atoms with van der Waals surface area (Å²) < 4.78 is 12.7. The number of fused-ring (bicyclic) bond motifs is 2. The van der Waals surface area contributed by atoms with Gasteiger partial charge in [0.1, 0.15) is 5.75 Å². The first-order valence-corrected chi connectivity index (χ1v) is 21.6. The van der Waals surface area contributed by atoms with Gasteiger partial charge in [0.05, 0.1) is 51.3 Å². The highest BCUT2D eigenvalue weighted by Crippen LogP contribution is 2.60. The zero-order valence-corrected chi connectivity index (χ0v) is 32.3. The van der Waals surface area contributed by atoms with Gasteiger partial charge in [0, 0.05) is 42.7 Å². The lowest BCUT2D eigenvalue weighted by molar-refractivity contribution is -0.149. The third-order valence-corrected chi connectivity index (χ3v) is 16.4. The van der Waals surface area contributed by atoms with Crippen molar-refractivity contribution in [1.29, 1.82) is 0 Å². The van der Waals surface area contributed by atoms with Crippen LogP contribution in [0.5, 0.6) is 5.75 Å². The maximum absolute atomic E-state index is 14.8. The molecule has 276 valence electrons. The highest BCUT2D eigenvalue weighted by molar-refractivity contribution is 6.91. The van der Waals surface area contributed by atoms with Crippen LogP contribution in [0.15, 0.2) is 109 Å². The Kier molecular flexibility index (Phi) is 8.95. The fraction of sp³-hybridized carbons (Fsp3) is 0.295. The zero-order chi connectivity index (χ0) is 37.9. The fourth-order valence-electron chi connectivity index (χ4n) is 9.44. The van der Waals surface area contributed by atoms with Crippen LogP contribution in [-0.2, 0) is 26.5 Å². The number of aliphatic hydroxyl groups is 1. The molecule has 3 amide bonds. The van der Waals surface area contributed by atoms with Gasteiger partial charge < -0.3 is 24.4 Å². The van der Waals surface area contributed by atoms with E-state index in [9.17, 15) is 19.5 Å². The Hall–Kier alpha value is -5.29. The molecule has 1 N–H and O–H groups in total. The molecule has 8 rings (SSSR count). The van der Waals surface area contributed by atoms with Crippen LogP contribution in [0.25, 0.3) is 10.8 Å². The minimum Gasteiger partial charge on any atom is -0.497 e. The van der Waals surface area contributed by atoms with E-state index < -0.39 is 19.8 Å². The second-order valence-corrected chi connectivity index (χ2v) is 20.0. The van der Waals surface area contributed by atoms with Gasteiger partial charge in [-0.05, 0) is 59.0 Å². The third kappa shape index (κ3) is 5.46. The van der Waals surface area contributed by atoms with E-state index in [2.05, 4.69) is 32.2 Å². The number of aliphatic hydroxyl groups excluding tert-OH is 1. The highest BCUT2D eigenvalue weighted by atomic mass is 28.3. The van der Waals surface area contributed by atoms with E-state index in [0.29, 0.717) is 23.4 Å². The van der Waals surface area contributed by atoms with Crippen molar-refractivity contribution in [3.63, 3.8) is 0 Å². The maximum Gasteiger partial charge on any atom is 0.264 e. The largest absolute Gasteiger partial charge is 0.497 e. The van der Waals surface area contributed by atoms with Crippen LogP contribution in [0, 0.1) is 5.92 Å². The number of carbonyl (C=O) groups is 3. The van der Waals surface area contributed by atoms with Gasteiger partial charge in [0.15, 0.2) is 5.60 Å². The predicted molar refractivity (Wildman–Crippen MR) is 213 cm³/mol. The van der Waals surface area contributed by atoms with E-state index in [1.807, 2.05) is 97.1 Å². The van der Waals surface area contributed by atoms with Gasteiger partial charge in [-0.25, -0.2) is 0 Å². The average Bonchev–Trinajstić information content (AvgIpc) is 3.73. The third-order valence-electron chi connectivity index (χ3n) is 12.1. The molecule has 1 fully saturated rings. The fourth-order valence-corrected chi connectivity index (χ4v) is 13.4. The molecule has 3 aliphatic rings. The van der Waals surface area contributed by atoms with Crippen molar-refractivity contribution >= 4 is 58.8 Å². The van der Waals surface area contributed by atoms with E-state index in [1.54, 1.807) is 28.9 Å². The van der Waals surface area contributed by atoms with Crippen molar-refractivity contribution in [3.05, 3.63) is 126 Å². The van der Waals surface area contributed by atoms with E-state index in [4.69, 9.17) is 9.47 Å². The van der Waals surface area contributed by atoms with Crippen molar-refractivity contribution in [2.45, 2.75) is 50.2 Å². The number of nitrogens with zero attached hydrogens (tertiary/aromatic N) is 3. The van der Waals surface area contributed by atoms with Crippen LogP contribution >= 0.6 is 0 Å². The van der Waals surface area contributed by atoms with Crippen LogP contribution < -0.4 is 19.7 Å². The van der Waals surface area contributed by atoms with Crippen LogP contribution in [0.4, 0.5) is 17.1 Å². The summed E-state index contributed by atoms with van der Waals surface area (Å²) in [5.74, 6) is -0.0258. The van der Waals surface area contributed by atoms with Crippen LogP contribution in [0.1, 0.15) is 34.8 Å². The zero-order valence-electron chi connectivity index (χ0n) is 31.3. The molecule has 1 saturated heterocycles. The number of rotatable bonds is 10. The van der Waals surface area contributed by atoms with Crippen LogP contribution in [-0.4, -0.2) is 69.2 Å². The van der Waals surface area contributed by atoms with Crippen molar-refractivity contribution in [2.75, 3.05) is 37.1 Å². The molecule has 0 aromatic heterocycles. The van der Waals surface area contributed by atoms with E-state index >= 15 is 0 Å². The van der Waals surface area contributed by atoms with Gasteiger partial charge in [0.25, 0.3) is 11.8 Å². The molecule has 9 nitrogen and oxygen atoms in total. The number of methoxy groups -OCH3 is 1. The average molecular weight is 740 g/mol. The first-order chi connectivity index (χ1) is 26.0. The molecule has 0 radical (unpaired) electrons. The Balaban J connectivity index is 1.22. The molecule has 0 unspecified atom stereocenters. The Morgan fingerprint density at radius 3 is 2.35 bits per heavy atom. The molecule has 54 heavy (non-hydrogen) atoms. The lowest BCUT2D eigenvalue weighted by atomic mass is 9.82. The number of hydrogen-bond acceptors (Lipinski definition) is 6. The molecule has 0 aliphatic carbocycles. The molecule has 5 aromatic carbocycles. The van der Waals surface area contributed by atoms with Crippen molar-refractivity contribution in [3.8, 4) is 5.75 Å². The lowest BCUT2D eigenvalue weighted by Gasteiger charge is -2.37. The molecular weight excluding hydrogens is 695 g/mol. The number of carbonyl (C=O) groups excluding carboxylic acids is 3. The molecule has 0 saturated carbocycles. The molecule has 10 heteroatoms. The molecule has 4 atom stereocenters. The molecule has 0 bridgehead atoms. The van der Waals surface area contributed by atoms with Crippen molar-refractivity contribution < 1.29 is 29.0 Å². The number of amides is 3. The van der Waals surface area contributed by atoms with Gasteiger partial charge in [0.2, 0.25) is 5.91 Å². The molecule has 3 aliphatic heterocycles. The summed E-state index contributed by atoms with van der Waals surface area (Å²) in [5.41, 5.74) is 2.92. The highest BCUT2D eigenvalue weighted by Gasteiger charge is 2.66. The quantitative estimate of drug-likeness (QED) is 0.159.